The Balaban J connectivity index is 2.66. The van der Waals surface area contributed by atoms with E-state index in [0.717, 1.165) is 6.07 Å². The van der Waals surface area contributed by atoms with Crippen LogP contribution in [0.5, 0.6) is 0 Å². The smallest absolute Gasteiger partial charge is 0.312 e. The minimum Gasteiger partial charge on any atom is -0.312 e. The number of hydrogen-bond donors (Lipinski definition) is 1. The number of rotatable bonds is 4. The van der Waals surface area contributed by atoms with Gasteiger partial charge in [0.2, 0.25) is 0 Å². The van der Waals surface area contributed by atoms with Gasteiger partial charge in [0, 0.05) is 23.9 Å². The van der Waals surface area contributed by atoms with E-state index < -0.39 is 11.7 Å². The molecule has 0 fully saturated rings. The molecule has 5 heteroatoms. The Kier molecular flexibility index (Phi) is 4.40. The average molecular weight is 292 g/mol. The molecule has 0 bridgehead atoms. The topological polar surface area (TPSA) is 36.7 Å². The van der Waals surface area contributed by atoms with Gasteiger partial charge in [0.25, 0.3) is 0 Å². The van der Waals surface area contributed by atoms with Gasteiger partial charge in [-0.05, 0) is 24.1 Å². The molecule has 2 rings (SSSR count). The van der Waals surface area contributed by atoms with Crippen LogP contribution in [0, 0.1) is 5.41 Å². The van der Waals surface area contributed by atoms with Crippen LogP contribution in [0.1, 0.15) is 30.4 Å². The summed E-state index contributed by atoms with van der Waals surface area (Å²) in [6, 6.07) is 9.14. The quantitative estimate of drug-likeness (QED) is 0.799. The maximum absolute atomic E-state index is 13.1. The summed E-state index contributed by atoms with van der Waals surface area (Å²) in [5, 5.41) is 7.47. The van der Waals surface area contributed by atoms with Crippen LogP contribution in [0.15, 0.2) is 42.6 Å². The molecule has 1 heterocycles. The summed E-state index contributed by atoms with van der Waals surface area (Å²) >= 11 is 0. The van der Waals surface area contributed by atoms with E-state index in [2.05, 4.69) is 4.98 Å². The molecule has 0 unspecified atom stereocenters. The fraction of sp³-hybridized carbons (Fsp3) is 0.250. The van der Waals surface area contributed by atoms with Crippen LogP contribution in [0.3, 0.4) is 0 Å². The fourth-order valence-corrected chi connectivity index (χ4v) is 2.31. The van der Waals surface area contributed by atoms with E-state index in [1.165, 1.54) is 18.5 Å². The second kappa shape index (κ2) is 6.08. The zero-order valence-electron chi connectivity index (χ0n) is 11.5. The Morgan fingerprint density at radius 2 is 1.90 bits per heavy atom. The van der Waals surface area contributed by atoms with Crippen molar-refractivity contribution in [2.24, 2.45) is 0 Å². The minimum atomic E-state index is -4.46. The van der Waals surface area contributed by atoms with Gasteiger partial charge in [0.1, 0.15) is 0 Å². The van der Waals surface area contributed by atoms with Gasteiger partial charge in [-0.3, -0.25) is 4.98 Å². The zero-order chi connectivity index (χ0) is 15.5. The summed E-state index contributed by atoms with van der Waals surface area (Å²) in [4.78, 5) is 3.93. The van der Waals surface area contributed by atoms with Gasteiger partial charge in [-0.25, -0.2) is 0 Å². The van der Waals surface area contributed by atoms with Gasteiger partial charge in [0.15, 0.2) is 0 Å². The van der Waals surface area contributed by atoms with Crippen molar-refractivity contribution in [3.8, 4) is 11.3 Å². The van der Waals surface area contributed by atoms with Gasteiger partial charge in [-0.2, -0.15) is 13.2 Å². The van der Waals surface area contributed by atoms with Gasteiger partial charge in [-0.15, -0.1) is 0 Å². The molecule has 0 aliphatic heterocycles. The van der Waals surface area contributed by atoms with Crippen LogP contribution in [-0.2, 0) is 6.18 Å². The number of aromatic nitrogens is 1. The zero-order valence-corrected chi connectivity index (χ0v) is 11.5. The molecule has 0 spiro atoms. The Morgan fingerprint density at radius 1 is 1.19 bits per heavy atom. The van der Waals surface area contributed by atoms with Crippen molar-refractivity contribution >= 4 is 6.21 Å². The molecule has 2 nitrogen and oxygen atoms in total. The number of pyridine rings is 1. The van der Waals surface area contributed by atoms with Crippen molar-refractivity contribution in [2.75, 3.05) is 0 Å². The predicted molar refractivity (Wildman–Crippen MR) is 76.5 cm³/mol. The molecule has 1 atom stereocenters. The van der Waals surface area contributed by atoms with Crippen molar-refractivity contribution in [1.29, 1.82) is 5.41 Å². The van der Waals surface area contributed by atoms with Crippen LogP contribution in [0.2, 0.25) is 0 Å². The maximum Gasteiger partial charge on any atom is 0.418 e. The number of nitrogens with one attached hydrogen (secondary N) is 1. The van der Waals surface area contributed by atoms with Crippen LogP contribution in [0.4, 0.5) is 13.2 Å². The summed E-state index contributed by atoms with van der Waals surface area (Å²) < 4.78 is 39.4. The van der Waals surface area contributed by atoms with Gasteiger partial charge >= 0.3 is 6.18 Å². The third-order valence-corrected chi connectivity index (χ3v) is 3.37. The van der Waals surface area contributed by atoms with E-state index in [1.807, 2.05) is 6.92 Å². The van der Waals surface area contributed by atoms with Gasteiger partial charge < -0.3 is 5.41 Å². The second-order valence-corrected chi connectivity index (χ2v) is 4.67. The SMILES string of the molecule is CC[C@H](C=N)c1ccccc1-c1ncccc1C(F)(F)F. The van der Waals surface area contributed by atoms with E-state index in [4.69, 9.17) is 5.41 Å². The van der Waals surface area contributed by atoms with Gasteiger partial charge in [-0.1, -0.05) is 31.2 Å². The Morgan fingerprint density at radius 3 is 2.52 bits per heavy atom. The monoisotopic (exact) mass is 292 g/mol. The molecule has 21 heavy (non-hydrogen) atoms. The first-order chi connectivity index (χ1) is 9.99. The van der Waals surface area contributed by atoms with E-state index >= 15 is 0 Å². The molecule has 1 N–H and O–H groups in total. The molecule has 1 aromatic carbocycles. The lowest BCUT2D eigenvalue weighted by molar-refractivity contribution is -0.137. The average Bonchev–Trinajstić information content (AvgIpc) is 2.48. The molecule has 0 saturated heterocycles. The summed E-state index contributed by atoms with van der Waals surface area (Å²) in [5.41, 5.74) is 0.290. The Hall–Kier alpha value is -2.17. The largest absolute Gasteiger partial charge is 0.418 e. The molecule has 0 saturated carbocycles. The lowest BCUT2D eigenvalue weighted by Gasteiger charge is -2.17. The van der Waals surface area contributed by atoms with E-state index in [0.29, 0.717) is 17.5 Å². The highest BCUT2D eigenvalue weighted by molar-refractivity contribution is 5.75. The van der Waals surface area contributed by atoms with E-state index in [-0.39, 0.29) is 11.6 Å². The molecule has 0 aliphatic carbocycles. The highest BCUT2D eigenvalue weighted by Gasteiger charge is 2.34. The molecule has 0 amide bonds. The highest BCUT2D eigenvalue weighted by atomic mass is 19.4. The summed E-state index contributed by atoms with van der Waals surface area (Å²) in [6.07, 6.45) is -1.19. The summed E-state index contributed by atoms with van der Waals surface area (Å²) in [5.74, 6) is -0.218. The van der Waals surface area contributed by atoms with Crippen LogP contribution in [-0.4, -0.2) is 11.2 Å². The second-order valence-electron chi connectivity index (χ2n) is 4.67. The first kappa shape index (κ1) is 15.2. The number of hydrogen-bond acceptors (Lipinski definition) is 2. The third-order valence-electron chi connectivity index (χ3n) is 3.37. The third kappa shape index (κ3) is 3.12. The molecular formula is C16H15F3N2. The van der Waals surface area contributed by atoms with Crippen LogP contribution in [0.25, 0.3) is 11.3 Å². The number of alkyl halides is 3. The lowest BCUT2D eigenvalue weighted by Crippen LogP contribution is -2.10. The van der Waals surface area contributed by atoms with Crippen LogP contribution >= 0.6 is 0 Å². The minimum absolute atomic E-state index is 0.0825. The molecule has 2 aromatic rings. The maximum atomic E-state index is 13.1. The number of benzene rings is 1. The predicted octanol–water partition coefficient (Wildman–Crippen LogP) is 4.91. The molecule has 110 valence electrons. The van der Waals surface area contributed by atoms with Crippen molar-refractivity contribution in [1.82, 2.24) is 4.98 Å². The van der Waals surface area contributed by atoms with Crippen LogP contribution < -0.4 is 0 Å². The summed E-state index contributed by atoms with van der Waals surface area (Å²) in [6.45, 7) is 1.90. The Bertz CT molecular complexity index is 635. The number of halogens is 3. The summed E-state index contributed by atoms with van der Waals surface area (Å²) in [7, 11) is 0. The first-order valence-corrected chi connectivity index (χ1v) is 6.61. The first-order valence-electron chi connectivity index (χ1n) is 6.61. The van der Waals surface area contributed by atoms with Crippen molar-refractivity contribution in [2.45, 2.75) is 25.4 Å². The standard InChI is InChI=1S/C16H15F3N2/c1-2-11(10-20)12-6-3-4-7-13(12)15-14(16(17,18)19)8-5-9-21-15/h3-11,20H,2H2,1H3/t11-/m1/s1. The Labute approximate surface area is 121 Å². The van der Waals surface area contributed by atoms with Crippen molar-refractivity contribution in [3.05, 3.63) is 53.7 Å². The van der Waals surface area contributed by atoms with E-state index in [9.17, 15) is 13.2 Å². The molecule has 1 aromatic heterocycles. The highest BCUT2D eigenvalue weighted by Crippen LogP contribution is 2.38. The number of nitrogens with zero attached hydrogens (tertiary/aromatic N) is 1. The normalized spacial score (nSPS) is 13.0. The van der Waals surface area contributed by atoms with Crippen molar-refractivity contribution < 1.29 is 13.2 Å². The van der Waals surface area contributed by atoms with Crippen molar-refractivity contribution in [3.63, 3.8) is 0 Å². The lowest BCUT2D eigenvalue weighted by atomic mass is 9.90. The van der Waals surface area contributed by atoms with Gasteiger partial charge in [0.05, 0.1) is 11.3 Å². The fourth-order valence-electron chi connectivity index (χ4n) is 2.31. The molecular weight excluding hydrogens is 277 g/mol. The molecule has 0 radical (unpaired) electrons. The molecule has 0 aliphatic rings. The van der Waals surface area contributed by atoms with E-state index in [1.54, 1.807) is 24.3 Å².